The fourth-order valence-electron chi connectivity index (χ4n) is 2.47. The minimum Gasteiger partial charge on any atom is -0.382 e. The fraction of sp³-hybridized carbons (Fsp3) is 0.500. The first-order chi connectivity index (χ1) is 10.6. The Labute approximate surface area is 130 Å². The summed E-state index contributed by atoms with van der Waals surface area (Å²) in [6.07, 6.45) is 0.633. The van der Waals surface area contributed by atoms with E-state index in [0.717, 1.165) is 5.69 Å². The van der Waals surface area contributed by atoms with Gasteiger partial charge in [0.2, 0.25) is 11.8 Å². The highest BCUT2D eigenvalue weighted by Gasteiger charge is 2.36. The number of benzene rings is 1. The van der Waals surface area contributed by atoms with E-state index in [9.17, 15) is 9.59 Å². The Bertz CT molecular complexity index is 506. The van der Waals surface area contributed by atoms with E-state index < -0.39 is 6.04 Å². The molecule has 1 saturated heterocycles. The maximum Gasteiger partial charge on any atom is 0.249 e. The van der Waals surface area contributed by atoms with Crippen LogP contribution in [0.3, 0.4) is 0 Å². The third-order valence-corrected chi connectivity index (χ3v) is 3.76. The quantitative estimate of drug-likeness (QED) is 0.703. The fourth-order valence-corrected chi connectivity index (χ4v) is 2.47. The number of para-hydroxylation sites is 1. The zero-order valence-corrected chi connectivity index (χ0v) is 13.0. The summed E-state index contributed by atoms with van der Waals surface area (Å²) in [6.45, 7) is 1.40. The maximum atomic E-state index is 12.5. The van der Waals surface area contributed by atoms with E-state index in [0.29, 0.717) is 26.2 Å². The minimum atomic E-state index is -0.418. The van der Waals surface area contributed by atoms with Crippen LogP contribution < -0.4 is 4.90 Å². The van der Waals surface area contributed by atoms with Crippen molar-refractivity contribution in [2.75, 3.05) is 45.4 Å². The first kappa shape index (κ1) is 16.5. The van der Waals surface area contributed by atoms with E-state index in [-0.39, 0.29) is 18.4 Å². The van der Waals surface area contributed by atoms with Crippen molar-refractivity contribution < 1.29 is 19.1 Å². The first-order valence-corrected chi connectivity index (χ1v) is 7.34. The molecule has 2 amide bonds. The molecular formula is C16H22N2O4. The van der Waals surface area contributed by atoms with E-state index >= 15 is 0 Å². The van der Waals surface area contributed by atoms with Crippen molar-refractivity contribution in [3.8, 4) is 0 Å². The van der Waals surface area contributed by atoms with Crippen LogP contribution in [0.1, 0.15) is 6.42 Å². The van der Waals surface area contributed by atoms with Crippen LogP contribution in [0, 0.1) is 0 Å². The third-order valence-electron chi connectivity index (χ3n) is 3.76. The normalized spacial score (nSPS) is 17.8. The predicted molar refractivity (Wildman–Crippen MR) is 82.7 cm³/mol. The average Bonchev–Trinajstić information content (AvgIpc) is 2.93. The number of ether oxygens (including phenoxy) is 2. The molecule has 1 aromatic rings. The lowest BCUT2D eigenvalue weighted by Gasteiger charge is -2.24. The molecule has 1 atom stereocenters. The van der Waals surface area contributed by atoms with Gasteiger partial charge >= 0.3 is 0 Å². The predicted octanol–water partition coefficient (Wildman–Crippen LogP) is 0.913. The van der Waals surface area contributed by atoms with E-state index in [1.54, 1.807) is 19.1 Å². The molecule has 1 aliphatic heterocycles. The van der Waals surface area contributed by atoms with Crippen LogP contribution in [0.5, 0.6) is 0 Å². The number of methoxy groups -OCH3 is 1. The molecule has 1 aliphatic rings. The molecule has 1 aromatic carbocycles. The lowest BCUT2D eigenvalue weighted by molar-refractivity contribution is -0.140. The zero-order valence-electron chi connectivity index (χ0n) is 13.0. The standard InChI is InChI=1S/C16H22N2O4/c1-17(15(19)12-22-11-10-21-2)14-8-9-18(16(14)20)13-6-4-3-5-7-13/h3-7,14H,8-12H2,1-2H3. The molecule has 6 nitrogen and oxygen atoms in total. The van der Waals surface area contributed by atoms with Crippen molar-refractivity contribution in [2.24, 2.45) is 0 Å². The number of hydrogen-bond acceptors (Lipinski definition) is 4. The summed E-state index contributed by atoms with van der Waals surface area (Å²) < 4.78 is 10.1. The molecule has 0 aromatic heterocycles. The van der Waals surface area contributed by atoms with E-state index in [1.807, 2.05) is 30.3 Å². The Kier molecular flexibility index (Phi) is 5.91. The summed E-state index contributed by atoms with van der Waals surface area (Å²) in [5.74, 6) is -0.233. The monoisotopic (exact) mass is 306 g/mol. The van der Waals surface area contributed by atoms with Crippen LogP contribution >= 0.6 is 0 Å². The van der Waals surface area contributed by atoms with Crippen molar-refractivity contribution in [2.45, 2.75) is 12.5 Å². The zero-order chi connectivity index (χ0) is 15.9. The molecule has 0 saturated carbocycles. The van der Waals surface area contributed by atoms with Crippen LogP contribution in [0.25, 0.3) is 0 Å². The Morgan fingerprint density at radius 3 is 2.73 bits per heavy atom. The number of amides is 2. The van der Waals surface area contributed by atoms with Gasteiger partial charge in [-0.2, -0.15) is 0 Å². The van der Waals surface area contributed by atoms with Gasteiger partial charge in [0.05, 0.1) is 13.2 Å². The molecule has 120 valence electrons. The number of hydrogen-bond donors (Lipinski definition) is 0. The smallest absolute Gasteiger partial charge is 0.249 e. The minimum absolute atomic E-state index is 0.0328. The van der Waals surface area contributed by atoms with Crippen molar-refractivity contribution in [1.82, 2.24) is 4.90 Å². The van der Waals surface area contributed by atoms with Gasteiger partial charge in [-0.3, -0.25) is 9.59 Å². The molecule has 0 bridgehead atoms. The Balaban J connectivity index is 1.90. The van der Waals surface area contributed by atoms with Gasteiger partial charge < -0.3 is 19.3 Å². The van der Waals surface area contributed by atoms with Gasteiger partial charge in [0.1, 0.15) is 12.6 Å². The molecule has 22 heavy (non-hydrogen) atoms. The van der Waals surface area contributed by atoms with Gasteiger partial charge in [0.25, 0.3) is 0 Å². The summed E-state index contributed by atoms with van der Waals surface area (Å²) >= 11 is 0. The van der Waals surface area contributed by atoms with Crippen LogP contribution in [0.15, 0.2) is 30.3 Å². The largest absolute Gasteiger partial charge is 0.382 e. The molecular weight excluding hydrogens is 284 g/mol. The van der Waals surface area contributed by atoms with Gasteiger partial charge in [-0.05, 0) is 18.6 Å². The van der Waals surface area contributed by atoms with E-state index in [4.69, 9.17) is 9.47 Å². The van der Waals surface area contributed by atoms with Crippen LogP contribution in [0.4, 0.5) is 5.69 Å². The van der Waals surface area contributed by atoms with Gasteiger partial charge in [-0.25, -0.2) is 0 Å². The van der Waals surface area contributed by atoms with Crippen molar-refractivity contribution in [3.63, 3.8) is 0 Å². The van der Waals surface area contributed by atoms with Crippen molar-refractivity contribution in [3.05, 3.63) is 30.3 Å². The molecule has 1 heterocycles. The molecule has 0 aliphatic carbocycles. The summed E-state index contributed by atoms with van der Waals surface area (Å²) in [4.78, 5) is 27.8. The molecule has 0 spiro atoms. The van der Waals surface area contributed by atoms with Crippen LogP contribution in [-0.2, 0) is 19.1 Å². The third kappa shape index (κ3) is 3.84. The number of anilines is 1. The summed E-state index contributed by atoms with van der Waals surface area (Å²) in [7, 11) is 3.23. The lowest BCUT2D eigenvalue weighted by Crippen LogP contribution is -2.44. The van der Waals surface area contributed by atoms with Crippen molar-refractivity contribution in [1.29, 1.82) is 0 Å². The SMILES string of the molecule is COCCOCC(=O)N(C)C1CCN(c2ccccc2)C1=O. The second-order valence-corrected chi connectivity index (χ2v) is 5.18. The number of carbonyl (C=O) groups excluding carboxylic acids is 2. The second kappa shape index (κ2) is 7.91. The molecule has 6 heteroatoms. The van der Waals surface area contributed by atoms with Crippen molar-refractivity contribution >= 4 is 17.5 Å². The average molecular weight is 306 g/mol. The van der Waals surface area contributed by atoms with E-state index in [1.165, 1.54) is 4.90 Å². The molecule has 1 unspecified atom stereocenters. The number of rotatable bonds is 7. The second-order valence-electron chi connectivity index (χ2n) is 5.18. The molecule has 1 fully saturated rings. The molecule has 2 rings (SSSR count). The van der Waals surface area contributed by atoms with Gasteiger partial charge in [0.15, 0.2) is 0 Å². The Hall–Kier alpha value is -1.92. The van der Waals surface area contributed by atoms with Crippen LogP contribution in [-0.4, -0.2) is 63.3 Å². The van der Waals surface area contributed by atoms with E-state index in [2.05, 4.69) is 0 Å². The summed E-state index contributed by atoms with van der Waals surface area (Å²) in [5.41, 5.74) is 0.868. The Morgan fingerprint density at radius 1 is 1.32 bits per heavy atom. The lowest BCUT2D eigenvalue weighted by atomic mass is 10.2. The topological polar surface area (TPSA) is 59.1 Å². The highest BCUT2D eigenvalue weighted by atomic mass is 16.5. The highest BCUT2D eigenvalue weighted by molar-refractivity contribution is 6.01. The highest BCUT2D eigenvalue weighted by Crippen LogP contribution is 2.23. The maximum absolute atomic E-state index is 12.5. The van der Waals surface area contributed by atoms with Crippen LogP contribution in [0.2, 0.25) is 0 Å². The Morgan fingerprint density at radius 2 is 2.05 bits per heavy atom. The van der Waals surface area contributed by atoms with Gasteiger partial charge in [-0.15, -0.1) is 0 Å². The summed E-state index contributed by atoms with van der Waals surface area (Å²) in [5, 5.41) is 0. The number of likely N-dealkylation sites (N-methyl/N-ethyl adjacent to an activating group) is 1. The molecule has 0 radical (unpaired) electrons. The first-order valence-electron chi connectivity index (χ1n) is 7.34. The molecule has 0 N–H and O–H groups in total. The van der Waals surface area contributed by atoms with Gasteiger partial charge in [-0.1, -0.05) is 18.2 Å². The number of nitrogens with zero attached hydrogens (tertiary/aromatic N) is 2. The van der Waals surface area contributed by atoms with Gasteiger partial charge in [0, 0.05) is 26.4 Å². The number of carbonyl (C=O) groups is 2. The summed E-state index contributed by atoms with van der Waals surface area (Å²) in [6, 6.07) is 9.09.